The largest absolute Gasteiger partial charge is 0.490 e. The van der Waals surface area contributed by atoms with Crippen molar-refractivity contribution in [3.63, 3.8) is 0 Å². The molecule has 226 valence electrons. The number of hydrogen-bond donors (Lipinski definition) is 1. The van der Waals surface area contributed by atoms with Gasteiger partial charge >= 0.3 is 5.97 Å². The maximum Gasteiger partial charge on any atom is 0.337 e. The van der Waals surface area contributed by atoms with Crippen LogP contribution in [0.2, 0.25) is 0 Å². The van der Waals surface area contributed by atoms with Crippen LogP contribution in [0.4, 0.5) is 18.9 Å². The first kappa shape index (κ1) is 31.3. The van der Waals surface area contributed by atoms with Crippen LogP contribution in [0.5, 0.6) is 5.75 Å². The van der Waals surface area contributed by atoms with E-state index in [9.17, 15) is 14.3 Å². The summed E-state index contributed by atoms with van der Waals surface area (Å²) in [4.78, 5) is 19.0. The third-order valence-electron chi connectivity index (χ3n) is 7.58. The van der Waals surface area contributed by atoms with Crippen molar-refractivity contribution in [3.05, 3.63) is 76.9 Å². The van der Waals surface area contributed by atoms with Crippen LogP contribution in [0.3, 0.4) is 0 Å². The minimum absolute atomic E-state index is 0.0492. The summed E-state index contributed by atoms with van der Waals surface area (Å²) in [6.45, 7) is 12.6. The van der Waals surface area contributed by atoms with Crippen LogP contribution in [-0.4, -0.2) is 41.4 Å². The Morgan fingerprint density at radius 3 is 2.26 bits per heavy atom. The Morgan fingerprint density at radius 1 is 1.02 bits per heavy atom. The van der Waals surface area contributed by atoms with Gasteiger partial charge < -0.3 is 19.5 Å². The number of piperidine rings is 1. The summed E-state index contributed by atoms with van der Waals surface area (Å²) in [6, 6.07) is 8.67. The molecule has 0 amide bonds. The number of aryl methyl sites for hydroxylation is 1. The molecular formula is C33H39F3N2O4. The van der Waals surface area contributed by atoms with Crippen LogP contribution in [0.1, 0.15) is 70.4 Å². The Morgan fingerprint density at radius 2 is 1.67 bits per heavy atom. The SMILES string of the molecule is Cc1ncc(-c2ccc(OCCc3ccc(F)cc3)c(F)c2F)c(N2CCC(C)(C)CC2)c1C(OC(C)(C)C)C(=O)O. The number of hydrogen-bond acceptors (Lipinski definition) is 5. The molecule has 1 unspecified atom stereocenters. The van der Waals surface area contributed by atoms with Gasteiger partial charge in [0.2, 0.25) is 5.82 Å². The Hall–Kier alpha value is -3.59. The van der Waals surface area contributed by atoms with Gasteiger partial charge in [0.25, 0.3) is 0 Å². The van der Waals surface area contributed by atoms with Gasteiger partial charge in [-0.2, -0.15) is 4.39 Å². The van der Waals surface area contributed by atoms with E-state index in [1.165, 1.54) is 30.5 Å². The van der Waals surface area contributed by atoms with E-state index in [1.54, 1.807) is 39.8 Å². The van der Waals surface area contributed by atoms with E-state index in [0.29, 0.717) is 36.5 Å². The van der Waals surface area contributed by atoms with Crippen molar-refractivity contribution in [3.8, 4) is 16.9 Å². The molecule has 6 nitrogen and oxygen atoms in total. The number of carbonyl (C=O) groups is 1. The van der Waals surface area contributed by atoms with Gasteiger partial charge in [0, 0.05) is 48.1 Å². The zero-order valence-corrected chi connectivity index (χ0v) is 25.1. The molecular weight excluding hydrogens is 545 g/mol. The van der Waals surface area contributed by atoms with E-state index in [1.807, 2.05) is 4.90 Å². The van der Waals surface area contributed by atoms with Crippen LogP contribution in [0.25, 0.3) is 11.1 Å². The second-order valence-corrected chi connectivity index (χ2v) is 12.6. The molecule has 1 fully saturated rings. The van der Waals surface area contributed by atoms with Crippen LogP contribution >= 0.6 is 0 Å². The van der Waals surface area contributed by atoms with Gasteiger partial charge in [0.15, 0.2) is 17.7 Å². The normalized spacial score (nSPS) is 15.9. The Kier molecular flexibility index (Phi) is 9.21. The summed E-state index contributed by atoms with van der Waals surface area (Å²) in [5.74, 6) is -4.07. The molecule has 1 aromatic heterocycles. The number of halogens is 3. The van der Waals surface area contributed by atoms with Gasteiger partial charge in [0.05, 0.1) is 17.9 Å². The van der Waals surface area contributed by atoms with Crippen LogP contribution in [-0.2, 0) is 16.0 Å². The molecule has 0 saturated carbocycles. The lowest BCUT2D eigenvalue weighted by atomic mass is 9.82. The molecule has 0 radical (unpaired) electrons. The Bertz CT molecular complexity index is 1420. The number of rotatable bonds is 9. The number of anilines is 1. The summed E-state index contributed by atoms with van der Waals surface area (Å²) in [6.07, 6.45) is 2.15. The first-order chi connectivity index (χ1) is 19.7. The van der Waals surface area contributed by atoms with E-state index in [4.69, 9.17) is 9.47 Å². The monoisotopic (exact) mass is 584 g/mol. The Labute approximate surface area is 245 Å². The quantitative estimate of drug-likeness (QED) is 0.278. The van der Waals surface area contributed by atoms with Crippen molar-refractivity contribution in [2.75, 3.05) is 24.6 Å². The first-order valence-electron chi connectivity index (χ1n) is 14.2. The molecule has 1 aliphatic heterocycles. The van der Waals surface area contributed by atoms with Gasteiger partial charge in [0.1, 0.15) is 5.82 Å². The lowest BCUT2D eigenvalue weighted by Gasteiger charge is -2.41. The van der Waals surface area contributed by atoms with E-state index in [2.05, 4.69) is 18.8 Å². The van der Waals surface area contributed by atoms with Crippen molar-refractivity contribution < 1.29 is 32.5 Å². The fourth-order valence-corrected chi connectivity index (χ4v) is 5.16. The van der Waals surface area contributed by atoms with Crippen molar-refractivity contribution >= 4 is 11.7 Å². The van der Waals surface area contributed by atoms with Crippen LogP contribution < -0.4 is 9.64 Å². The highest BCUT2D eigenvalue weighted by Crippen LogP contribution is 2.44. The zero-order valence-electron chi connectivity index (χ0n) is 25.1. The zero-order chi connectivity index (χ0) is 30.8. The molecule has 9 heteroatoms. The summed E-state index contributed by atoms with van der Waals surface area (Å²) in [5, 5.41) is 10.3. The number of carboxylic acids is 1. The van der Waals surface area contributed by atoms with Gasteiger partial charge in [-0.25, -0.2) is 13.6 Å². The predicted octanol–water partition coefficient (Wildman–Crippen LogP) is 7.66. The van der Waals surface area contributed by atoms with Crippen molar-refractivity contribution in [2.24, 2.45) is 5.41 Å². The molecule has 0 spiro atoms. The number of benzene rings is 2. The maximum atomic E-state index is 15.8. The average Bonchev–Trinajstić information content (AvgIpc) is 2.91. The number of aromatic nitrogens is 1. The molecule has 2 heterocycles. The molecule has 1 saturated heterocycles. The number of nitrogens with zero attached hydrogens (tertiary/aromatic N) is 2. The summed E-state index contributed by atoms with van der Waals surface area (Å²) in [5.41, 5.74) is 1.59. The first-order valence-corrected chi connectivity index (χ1v) is 14.2. The van der Waals surface area contributed by atoms with E-state index in [0.717, 1.165) is 18.4 Å². The van der Waals surface area contributed by atoms with Gasteiger partial charge in [-0.3, -0.25) is 4.98 Å². The van der Waals surface area contributed by atoms with Crippen LogP contribution in [0.15, 0.2) is 42.6 Å². The third kappa shape index (κ3) is 7.24. The van der Waals surface area contributed by atoms with E-state index in [-0.39, 0.29) is 34.7 Å². The number of aliphatic carboxylic acids is 1. The lowest BCUT2D eigenvalue weighted by molar-refractivity contribution is -0.160. The number of pyridine rings is 1. The third-order valence-corrected chi connectivity index (χ3v) is 7.58. The van der Waals surface area contributed by atoms with E-state index >= 15 is 8.78 Å². The molecule has 0 bridgehead atoms. The van der Waals surface area contributed by atoms with Crippen molar-refractivity contribution in [1.29, 1.82) is 0 Å². The predicted molar refractivity (Wildman–Crippen MR) is 156 cm³/mol. The molecule has 1 atom stereocenters. The van der Waals surface area contributed by atoms with Gasteiger partial charge in [-0.1, -0.05) is 26.0 Å². The molecule has 4 rings (SSSR count). The molecule has 42 heavy (non-hydrogen) atoms. The van der Waals surface area contributed by atoms with Gasteiger partial charge in [-0.05, 0) is 75.8 Å². The summed E-state index contributed by atoms with van der Waals surface area (Å²) < 4.78 is 55.9. The molecule has 0 aliphatic carbocycles. The standard InChI is InChI=1S/C33H39F3N2O4/c1-20-26(30(31(39)40)42-32(2,3)4)29(38-16-14-33(5,6)15-17-38)24(19-37-20)23-11-12-25(28(36)27(23)35)41-18-13-21-7-9-22(34)10-8-21/h7-12,19,30H,13-18H2,1-6H3,(H,39,40). The summed E-state index contributed by atoms with van der Waals surface area (Å²) >= 11 is 0. The molecule has 3 aromatic rings. The fourth-order valence-electron chi connectivity index (χ4n) is 5.16. The number of ether oxygens (including phenoxy) is 2. The smallest absolute Gasteiger partial charge is 0.337 e. The van der Waals surface area contributed by atoms with Crippen molar-refractivity contribution in [2.45, 2.75) is 72.5 Å². The maximum absolute atomic E-state index is 15.8. The molecule has 1 aliphatic rings. The highest BCUT2D eigenvalue weighted by Gasteiger charge is 2.36. The number of carboxylic acid groups (broad SMARTS) is 1. The average molecular weight is 585 g/mol. The minimum Gasteiger partial charge on any atom is -0.490 e. The van der Waals surface area contributed by atoms with Gasteiger partial charge in [-0.15, -0.1) is 0 Å². The second kappa shape index (κ2) is 12.3. The topological polar surface area (TPSA) is 71.9 Å². The summed E-state index contributed by atoms with van der Waals surface area (Å²) in [7, 11) is 0. The Balaban J connectivity index is 1.76. The second-order valence-electron chi connectivity index (χ2n) is 12.6. The molecule has 1 N–H and O–H groups in total. The lowest BCUT2D eigenvalue weighted by Crippen LogP contribution is -2.39. The fraction of sp³-hybridized carbons (Fsp3) is 0.455. The van der Waals surface area contributed by atoms with Crippen LogP contribution in [0, 0.1) is 29.8 Å². The highest BCUT2D eigenvalue weighted by molar-refractivity contribution is 5.86. The van der Waals surface area contributed by atoms with E-state index < -0.39 is 29.3 Å². The molecule has 2 aromatic carbocycles. The van der Waals surface area contributed by atoms with Crippen molar-refractivity contribution in [1.82, 2.24) is 4.98 Å². The minimum atomic E-state index is -1.37. The highest BCUT2D eigenvalue weighted by atomic mass is 19.2.